The average Bonchev–Trinajstić information content (AvgIpc) is 2.65. The van der Waals surface area contributed by atoms with Crippen LogP contribution in [0.3, 0.4) is 0 Å². The minimum absolute atomic E-state index is 0.0626. The molecule has 0 fully saturated rings. The molecule has 2 heterocycles. The van der Waals surface area contributed by atoms with E-state index in [1.807, 2.05) is 19.2 Å². The van der Waals surface area contributed by atoms with Crippen LogP contribution in [0.2, 0.25) is 0 Å². The monoisotopic (exact) mass is 389 g/mol. The van der Waals surface area contributed by atoms with Crippen molar-refractivity contribution in [1.29, 1.82) is 0 Å². The van der Waals surface area contributed by atoms with Crippen molar-refractivity contribution in [2.24, 2.45) is 0 Å². The van der Waals surface area contributed by atoms with Gasteiger partial charge in [0.1, 0.15) is 17.6 Å². The highest BCUT2D eigenvalue weighted by molar-refractivity contribution is 7.98. The lowest BCUT2D eigenvalue weighted by Crippen LogP contribution is -2.42. The Kier molecular flexibility index (Phi) is 5.74. The zero-order valence-electron chi connectivity index (χ0n) is 15.9. The number of ether oxygens (including phenoxy) is 2. The molecule has 27 heavy (non-hydrogen) atoms. The molecule has 0 aliphatic carbocycles. The van der Waals surface area contributed by atoms with E-state index in [-0.39, 0.29) is 24.0 Å². The van der Waals surface area contributed by atoms with E-state index in [0.717, 1.165) is 0 Å². The number of hydrogen-bond donors (Lipinski definition) is 1. The van der Waals surface area contributed by atoms with Gasteiger partial charge in [-0.2, -0.15) is 0 Å². The van der Waals surface area contributed by atoms with E-state index in [2.05, 4.69) is 9.97 Å². The molecule has 2 aromatic rings. The number of amides is 1. The fourth-order valence-electron chi connectivity index (χ4n) is 3.12. The molecular formula is C19H23N3O4S. The van der Waals surface area contributed by atoms with Crippen LogP contribution in [0.1, 0.15) is 24.6 Å². The molecule has 144 valence electrons. The first kappa shape index (κ1) is 19.3. The van der Waals surface area contributed by atoms with Gasteiger partial charge in [0.25, 0.3) is 5.56 Å². The van der Waals surface area contributed by atoms with E-state index in [1.165, 1.54) is 11.8 Å². The second-order valence-electron chi connectivity index (χ2n) is 6.41. The van der Waals surface area contributed by atoms with E-state index >= 15 is 0 Å². The van der Waals surface area contributed by atoms with Gasteiger partial charge in [-0.3, -0.25) is 9.59 Å². The van der Waals surface area contributed by atoms with Crippen molar-refractivity contribution in [2.45, 2.75) is 37.9 Å². The lowest BCUT2D eigenvalue weighted by molar-refractivity contribution is -0.119. The Morgan fingerprint density at radius 2 is 2.26 bits per heavy atom. The minimum atomic E-state index is -0.183. The Labute approximate surface area is 162 Å². The maximum absolute atomic E-state index is 12.9. The number of aromatic amines is 1. The zero-order valence-corrected chi connectivity index (χ0v) is 16.7. The zero-order chi connectivity index (χ0) is 19.6. The van der Waals surface area contributed by atoms with Crippen LogP contribution in [-0.2, 0) is 11.2 Å². The van der Waals surface area contributed by atoms with Gasteiger partial charge in [-0.15, -0.1) is 0 Å². The van der Waals surface area contributed by atoms with Gasteiger partial charge in [-0.25, -0.2) is 4.98 Å². The lowest BCUT2D eigenvalue weighted by atomic mass is 10.1. The summed E-state index contributed by atoms with van der Waals surface area (Å²) in [5, 5.41) is 0.579. The van der Waals surface area contributed by atoms with Gasteiger partial charge in [-0.1, -0.05) is 11.8 Å². The predicted molar refractivity (Wildman–Crippen MR) is 105 cm³/mol. The number of hydrogen-bond acceptors (Lipinski definition) is 6. The topological polar surface area (TPSA) is 84.5 Å². The normalized spacial score (nSPS) is 15.9. The van der Waals surface area contributed by atoms with Gasteiger partial charge >= 0.3 is 0 Å². The van der Waals surface area contributed by atoms with Crippen molar-refractivity contribution in [2.75, 3.05) is 24.8 Å². The number of methoxy groups -OCH3 is 1. The third-order valence-electron chi connectivity index (χ3n) is 4.51. The van der Waals surface area contributed by atoms with Gasteiger partial charge in [0.05, 0.1) is 19.3 Å². The number of nitrogens with one attached hydrogen (secondary N) is 1. The van der Waals surface area contributed by atoms with Crippen molar-refractivity contribution in [3.8, 4) is 11.5 Å². The highest BCUT2D eigenvalue weighted by atomic mass is 32.2. The third-order valence-corrected chi connectivity index (χ3v) is 5.09. The lowest BCUT2D eigenvalue weighted by Gasteiger charge is -2.33. The fourth-order valence-corrected chi connectivity index (χ4v) is 3.55. The molecule has 3 rings (SSSR count). The number of H-pyrrole nitrogens is 1. The molecule has 7 nitrogen and oxygen atoms in total. The Balaban J connectivity index is 1.80. The molecule has 0 saturated carbocycles. The fraction of sp³-hybridized carbons (Fsp3) is 0.421. The molecule has 1 atom stereocenters. The number of nitrogens with zero attached hydrogens (tertiary/aromatic N) is 2. The van der Waals surface area contributed by atoms with Crippen LogP contribution in [-0.4, -0.2) is 41.9 Å². The summed E-state index contributed by atoms with van der Waals surface area (Å²) < 4.78 is 11.1. The van der Waals surface area contributed by atoms with Crippen molar-refractivity contribution in [3.05, 3.63) is 39.8 Å². The first-order chi connectivity index (χ1) is 12.9. The van der Waals surface area contributed by atoms with Gasteiger partial charge in [0.2, 0.25) is 5.91 Å². The number of thioether (sulfide) groups is 1. The summed E-state index contributed by atoms with van der Waals surface area (Å²) in [7, 11) is 1.58. The van der Waals surface area contributed by atoms with E-state index in [1.54, 1.807) is 31.1 Å². The second kappa shape index (κ2) is 8.04. The van der Waals surface area contributed by atoms with Crippen LogP contribution < -0.4 is 19.9 Å². The second-order valence-corrected chi connectivity index (χ2v) is 7.20. The maximum atomic E-state index is 12.9. The Bertz CT molecular complexity index is 912. The summed E-state index contributed by atoms with van der Waals surface area (Å²) in [5.41, 5.74) is 1.72. The van der Waals surface area contributed by atoms with Crippen LogP contribution in [0.15, 0.2) is 28.2 Å². The van der Waals surface area contributed by atoms with Crippen molar-refractivity contribution < 1.29 is 14.3 Å². The molecule has 0 saturated heterocycles. The molecule has 1 aromatic heterocycles. The van der Waals surface area contributed by atoms with E-state index in [0.29, 0.717) is 46.6 Å². The van der Waals surface area contributed by atoms with Gasteiger partial charge in [0.15, 0.2) is 5.16 Å². The third kappa shape index (κ3) is 4.10. The first-order valence-corrected chi connectivity index (χ1v) is 9.94. The number of aromatic nitrogens is 2. The number of carbonyl (C=O) groups excluding carboxylic acids is 1. The SMILES string of the molecule is COc1ccc2c(c1)N(C(=O)CCc1c(C)nc(SC)[nH]c1=O)C[C@H](C)O2. The molecule has 0 spiro atoms. The smallest absolute Gasteiger partial charge is 0.254 e. The van der Waals surface area contributed by atoms with Gasteiger partial charge < -0.3 is 19.4 Å². The average molecular weight is 389 g/mol. The van der Waals surface area contributed by atoms with Crippen LogP contribution in [0.4, 0.5) is 5.69 Å². The molecule has 1 aromatic carbocycles. The number of aryl methyl sites for hydroxylation is 1. The summed E-state index contributed by atoms with van der Waals surface area (Å²) in [5.74, 6) is 1.25. The van der Waals surface area contributed by atoms with Crippen molar-refractivity contribution in [1.82, 2.24) is 9.97 Å². The summed E-state index contributed by atoms with van der Waals surface area (Å²) in [6.45, 7) is 4.18. The summed E-state index contributed by atoms with van der Waals surface area (Å²) >= 11 is 1.38. The quantitative estimate of drug-likeness (QED) is 0.625. The number of rotatable bonds is 5. The Morgan fingerprint density at radius 1 is 1.48 bits per heavy atom. The molecule has 0 radical (unpaired) electrons. The summed E-state index contributed by atoms with van der Waals surface area (Å²) in [6, 6.07) is 5.41. The van der Waals surface area contributed by atoms with Crippen LogP contribution in [0.5, 0.6) is 11.5 Å². The molecular weight excluding hydrogens is 366 g/mol. The summed E-state index contributed by atoms with van der Waals surface area (Å²) in [4.78, 5) is 34.0. The minimum Gasteiger partial charge on any atom is -0.497 e. The van der Waals surface area contributed by atoms with Crippen molar-refractivity contribution in [3.63, 3.8) is 0 Å². The van der Waals surface area contributed by atoms with E-state index < -0.39 is 0 Å². The van der Waals surface area contributed by atoms with Crippen LogP contribution in [0.25, 0.3) is 0 Å². The summed E-state index contributed by atoms with van der Waals surface area (Å²) in [6.07, 6.45) is 2.30. The molecule has 8 heteroatoms. The highest BCUT2D eigenvalue weighted by Gasteiger charge is 2.28. The van der Waals surface area contributed by atoms with Gasteiger partial charge in [0, 0.05) is 23.7 Å². The predicted octanol–water partition coefficient (Wildman–Crippen LogP) is 2.56. The highest BCUT2D eigenvalue weighted by Crippen LogP contribution is 2.36. The molecule has 1 aliphatic heterocycles. The van der Waals surface area contributed by atoms with Crippen molar-refractivity contribution >= 4 is 23.4 Å². The van der Waals surface area contributed by atoms with E-state index in [4.69, 9.17) is 9.47 Å². The van der Waals surface area contributed by atoms with Gasteiger partial charge in [-0.05, 0) is 38.7 Å². The number of anilines is 1. The number of benzene rings is 1. The molecule has 1 amide bonds. The van der Waals surface area contributed by atoms with Crippen LogP contribution in [0, 0.1) is 6.92 Å². The molecule has 0 unspecified atom stereocenters. The van der Waals surface area contributed by atoms with E-state index in [9.17, 15) is 9.59 Å². The number of carbonyl (C=O) groups is 1. The molecule has 0 bridgehead atoms. The Morgan fingerprint density at radius 3 is 2.93 bits per heavy atom. The standard InChI is InChI=1S/C19H23N3O4S/c1-11-10-22(15-9-13(25-3)5-7-16(15)26-11)17(23)8-6-14-12(2)20-19(27-4)21-18(14)24/h5,7,9,11H,6,8,10H2,1-4H3,(H,20,21,24)/t11-/m0/s1. The Hall–Kier alpha value is -2.48. The van der Waals surface area contributed by atoms with Crippen LogP contribution >= 0.6 is 11.8 Å². The molecule has 1 N–H and O–H groups in total. The maximum Gasteiger partial charge on any atom is 0.254 e. The molecule has 1 aliphatic rings. The largest absolute Gasteiger partial charge is 0.497 e. The number of fused-ring (bicyclic) bond motifs is 1. The first-order valence-electron chi connectivity index (χ1n) is 8.71.